The second-order valence-corrected chi connectivity index (χ2v) is 6.06. The standard InChI is InChI=1S/C17H25N3O2/c1-13(14-8-5-4-6-9-14)18-16(21)12-20-11-7-10-15(20)17(22)19(2)3/h4-6,8-9,13,15H,7,10-12H2,1-3H3,(H,18,21). The lowest BCUT2D eigenvalue weighted by Crippen LogP contribution is -2.46. The molecule has 1 N–H and O–H groups in total. The summed E-state index contributed by atoms with van der Waals surface area (Å²) >= 11 is 0. The van der Waals surface area contributed by atoms with Crippen molar-refractivity contribution < 1.29 is 9.59 Å². The van der Waals surface area contributed by atoms with Crippen molar-refractivity contribution in [3.8, 4) is 0 Å². The average Bonchev–Trinajstić information content (AvgIpc) is 2.95. The number of carbonyl (C=O) groups excluding carboxylic acids is 2. The van der Waals surface area contributed by atoms with Crippen molar-refractivity contribution in [2.24, 2.45) is 0 Å². The van der Waals surface area contributed by atoms with Crippen molar-refractivity contribution >= 4 is 11.8 Å². The Balaban J connectivity index is 1.90. The molecule has 1 aromatic rings. The molecule has 0 bridgehead atoms. The maximum absolute atomic E-state index is 12.2. The van der Waals surface area contributed by atoms with Crippen LogP contribution in [0.4, 0.5) is 0 Å². The summed E-state index contributed by atoms with van der Waals surface area (Å²) in [5.41, 5.74) is 1.08. The maximum Gasteiger partial charge on any atom is 0.239 e. The summed E-state index contributed by atoms with van der Waals surface area (Å²) in [6, 6.07) is 9.69. The number of likely N-dealkylation sites (tertiary alicyclic amines) is 1. The molecular formula is C17H25N3O2. The number of benzene rings is 1. The third kappa shape index (κ3) is 4.07. The average molecular weight is 303 g/mol. The van der Waals surface area contributed by atoms with Crippen molar-refractivity contribution in [1.29, 1.82) is 0 Å². The predicted molar refractivity (Wildman–Crippen MR) is 86.3 cm³/mol. The van der Waals surface area contributed by atoms with E-state index in [1.165, 1.54) is 0 Å². The Hall–Kier alpha value is -1.88. The van der Waals surface area contributed by atoms with E-state index in [4.69, 9.17) is 0 Å². The van der Waals surface area contributed by atoms with Crippen LogP contribution in [0.3, 0.4) is 0 Å². The number of carbonyl (C=O) groups is 2. The minimum absolute atomic E-state index is 0.0284. The molecular weight excluding hydrogens is 278 g/mol. The largest absolute Gasteiger partial charge is 0.348 e. The zero-order valence-corrected chi connectivity index (χ0v) is 13.6. The number of likely N-dealkylation sites (N-methyl/N-ethyl adjacent to an activating group) is 1. The Bertz CT molecular complexity index is 516. The molecule has 1 aliphatic heterocycles. The fraction of sp³-hybridized carbons (Fsp3) is 0.529. The highest BCUT2D eigenvalue weighted by molar-refractivity contribution is 5.83. The van der Waals surface area contributed by atoms with Crippen LogP contribution in [0.2, 0.25) is 0 Å². The normalized spacial score (nSPS) is 19.7. The van der Waals surface area contributed by atoms with Crippen molar-refractivity contribution in [1.82, 2.24) is 15.1 Å². The zero-order chi connectivity index (χ0) is 16.1. The van der Waals surface area contributed by atoms with Gasteiger partial charge >= 0.3 is 0 Å². The first-order valence-electron chi connectivity index (χ1n) is 7.78. The van der Waals surface area contributed by atoms with Crippen LogP contribution in [-0.4, -0.2) is 54.8 Å². The summed E-state index contributed by atoms with van der Waals surface area (Å²) in [6.45, 7) is 3.05. The molecule has 1 aromatic carbocycles. The van der Waals surface area contributed by atoms with E-state index in [1.807, 2.05) is 42.2 Å². The highest BCUT2D eigenvalue weighted by atomic mass is 16.2. The van der Waals surface area contributed by atoms with Crippen molar-refractivity contribution in [3.63, 3.8) is 0 Å². The van der Waals surface area contributed by atoms with E-state index in [1.54, 1.807) is 19.0 Å². The first-order chi connectivity index (χ1) is 10.5. The van der Waals surface area contributed by atoms with E-state index < -0.39 is 0 Å². The molecule has 2 atom stereocenters. The summed E-state index contributed by atoms with van der Waals surface area (Å²) in [7, 11) is 3.52. The van der Waals surface area contributed by atoms with Gasteiger partial charge in [0.2, 0.25) is 11.8 Å². The first kappa shape index (κ1) is 16.5. The Morgan fingerprint density at radius 1 is 1.32 bits per heavy atom. The van der Waals surface area contributed by atoms with E-state index in [0.29, 0.717) is 0 Å². The predicted octanol–water partition coefficient (Wildman–Crippen LogP) is 1.42. The van der Waals surface area contributed by atoms with Crippen LogP contribution in [-0.2, 0) is 9.59 Å². The van der Waals surface area contributed by atoms with Crippen LogP contribution >= 0.6 is 0 Å². The van der Waals surface area contributed by atoms with E-state index >= 15 is 0 Å². The highest BCUT2D eigenvalue weighted by Crippen LogP contribution is 2.18. The zero-order valence-electron chi connectivity index (χ0n) is 13.6. The maximum atomic E-state index is 12.2. The van der Waals surface area contributed by atoms with Gasteiger partial charge in [-0.2, -0.15) is 0 Å². The van der Waals surface area contributed by atoms with Crippen molar-refractivity contribution in [2.75, 3.05) is 27.2 Å². The Kier molecular flexibility index (Phi) is 5.55. The van der Waals surface area contributed by atoms with Gasteiger partial charge in [0.05, 0.1) is 18.6 Å². The lowest BCUT2D eigenvalue weighted by Gasteiger charge is -2.26. The van der Waals surface area contributed by atoms with Crippen LogP contribution < -0.4 is 5.32 Å². The molecule has 2 rings (SSSR count). The van der Waals surface area contributed by atoms with E-state index in [-0.39, 0.29) is 30.4 Å². The molecule has 0 spiro atoms. The van der Waals surface area contributed by atoms with Gasteiger partial charge in [0.1, 0.15) is 0 Å². The van der Waals surface area contributed by atoms with Gasteiger partial charge in [0.25, 0.3) is 0 Å². The second-order valence-electron chi connectivity index (χ2n) is 6.06. The molecule has 5 nitrogen and oxygen atoms in total. The fourth-order valence-corrected chi connectivity index (χ4v) is 2.89. The van der Waals surface area contributed by atoms with Gasteiger partial charge in [-0.05, 0) is 31.9 Å². The van der Waals surface area contributed by atoms with Crippen LogP contribution in [0, 0.1) is 0 Å². The fourth-order valence-electron chi connectivity index (χ4n) is 2.89. The van der Waals surface area contributed by atoms with Gasteiger partial charge in [0.15, 0.2) is 0 Å². The van der Waals surface area contributed by atoms with Gasteiger partial charge in [-0.3, -0.25) is 14.5 Å². The van der Waals surface area contributed by atoms with E-state index in [0.717, 1.165) is 24.9 Å². The van der Waals surface area contributed by atoms with Gasteiger partial charge in [-0.25, -0.2) is 0 Å². The summed E-state index contributed by atoms with van der Waals surface area (Å²) in [5.74, 6) is 0.0521. The topological polar surface area (TPSA) is 52.7 Å². The van der Waals surface area contributed by atoms with E-state index in [9.17, 15) is 9.59 Å². The quantitative estimate of drug-likeness (QED) is 0.895. The number of rotatable bonds is 5. The molecule has 2 unspecified atom stereocenters. The molecule has 2 amide bonds. The minimum atomic E-state index is -0.159. The molecule has 0 aliphatic carbocycles. The van der Waals surface area contributed by atoms with Crippen LogP contribution in [0.25, 0.3) is 0 Å². The lowest BCUT2D eigenvalue weighted by atomic mass is 10.1. The smallest absolute Gasteiger partial charge is 0.239 e. The van der Waals surface area contributed by atoms with Gasteiger partial charge < -0.3 is 10.2 Å². The molecule has 1 fully saturated rings. The third-order valence-corrected chi connectivity index (χ3v) is 4.11. The molecule has 0 radical (unpaired) electrons. The third-order valence-electron chi connectivity index (χ3n) is 4.11. The number of hydrogen-bond acceptors (Lipinski definition) is 3. The summed E-state index contributed by atoms with van der Waals surface area (Å²) in [5, 5.41) is 3.01. The molecule has 0 aromatic heterocycles. The molecule has 1 aliphatic rings. The molecule has 120 valence electrons. The van der Waals surface area contributed by atoms with Gasteiger partial charge in [0, 0.05) is 14.1 Å². The first-order valence-corrected chi connectivity index (χ1v) is 7.78. The summed E-state index contributed by atoms with van der Waals surface area (Å²) < 4.78 is 0. The number of hydrogen-bond donors (Lipinski definition) is 1. The molecule has 1 heterocycles. The van der Waals surface area contributed by atoms with Crippen molar-refractivity contribution in [2.45, 2.75) is 31.8 Å². The monoisotopic (exact) mass is 303 g/mol. The lowest BCUT2D eigenvalue weighted by molar-refractivity contribution is -0.134. The Morgan fingerprint density at radius 3 is 2.64 bits per heavy atom. The summed E-state index contributed by atoms with van der Waals surface area (Å²) in [4.78, 5) is 28.0. The van der Waals surface area contributed by atoms with Crippen LogP contribution in [0.15, 0.2) is 30.3 Å². The molecule has 5 heteroatoms. The number of nitrogens with zero attached hydrogens (tertiary/aromatic N) is 2. The van der Waals surface area contributed by atoms with Crippen molar-refractivity contribution in [3.05, 3.63) is 35.9 Å². The van der Waals surface area contributed by atoms with Gasteiger partial charge in [-0.15, -0.1) is 0 Å². The molecule has 22 heavy (non-hydrogen) atoms. The Labute approximate surface area is 132 Å². The molecule has 1 saturated heterocycles. The minimum Gasteiger partial charge on any atom is -0.348 e. The van der Waals surface area contributed by atoms with Gasteiger partial charge in [-0.1, -0.05) is 30.3 Å². The van der Waals surface area contributed by atoms with E-state index in [2.05, 4.69) is 5.32 Å². The number of amides is 2. The SMILES string of the molecule is CC(NC(=O)CN1CCCC1C(=O)N(C)C)c1ccccc1. The second kappa shape index (κ2) is 7.40. The highest BCUT2D eigenvalue weighted by Gasteiger charge is 2.32. The summed E-state index contributed by atoms with van der Waals surface area (Å²) in [6.07, 6.45) is 1.80. The van der Waals surface area contributed by atoms with Crippen LogP contribution in [0.1, 0.15) is 31.4 Å². The Morgan fingerprint density at radius 2 is 2.00 bits per heavy atom. The van der Waals surface area contributed by atoms with Crippen LogP contribution in [0.5, 0.6) is 0 Å². The number of nitrogens with one attached hydrogen (secondary N) is 1. The molecule has 0 saturated carbocycles.